The molecular weight excluding hydrogens is 381 g/mol. The Balaban J connectivity index is 1.78. The van der Waals surface area contributed by atoms with Crippen LogP contribution in [0.15, 0.2) is 72.8 Å². The van der Waals surface area contributed by atoms with E-state index < -0.39 is 5.97 Å². The van der Waals surface area contributed by atoms with Crippen molar-refractivity contribution < 1.29 is 9.53 Å². The Kier molecular flexibility index (Phi) is 5.93. The number of carbonyl (C=O) groups excluding carboxylic acids is 1. The SMILES string of the molecule is N#C/C(=C/c1ccc(OC(=O)c2ccccc2Cl)cc1)c1cccc(Cl)c1. The molecule has 0 aliphatic rings. The summed E-state index contributed by atoms with van der Waals surface area (Å²) in [5, 5.41) is 10.3. The Hall–Kier alpha value is -3.06. The summed E-state index contributed by atoms with van der Waals surface area (Å²) in [6.07, 6.45) is 1.74. The lowest BCUT2D eigenvalue weighted by Gasteiger charge is -2.06. The topological polar surface area (TPSA) is 50.1 Å². The molecule has 3 aromatic rings. The number of esters is 1. The van der Waals surface area contributed by atoms with Crippen LogP contribution in [0.1, 0.15) is 21.5 Å². The average molecular weight is 394 g/mol. The van der Waals surface area contributed by atoms with Gasteiger partial charge in [-0.3, -0.25) is 0 Å². The van der Waals surface area contributed by atoms with E-state index in [2.05, 4.69) is 6.07 Å². The minimum Gasteiger partial charge on any atom is -0.423 e. The van der Waals surface area contributed by atoms with E-state index in [4.69, 9.17) is 27.9 Å². The van der Waals surface area contributed by atoms with Crippen LogP contribution in [-0.4, -0.2) is 5.97 Å². The smallest absolute Gasteiger partial charge is 0.345 e. The number of carbonyl (C=O) groups is 1. The van der Waals surface area contributed by atoms with Crippen LogP contribution in [0.2, 0.25) is 10.0 Å². The van der Waals surface area contributed by atoms with Crippen molar-refractivity contribution in [2.75, 3.05) is 0 Å². The lowest BCUT2D eigenvalue weighted by molar-refractivity contribution is 0.0735. The number of halogens is 2. The molecule has 0 N–H and O–H groups in total. The van der Waals surface area contributed by atoms with E-state index in [0.717, 1.165) is 11.1 Å². The van der Waals surface area contributed by atoms with E-state index >= 15 is 0 Å². The van der Waals surface area contributed by atoms with Crippen molar-refractivity contribution in [3.8, 4) is 11.8 Å². The highest BCUT2D eigenvalue weighted by molar-refractivity contribution is 6.33. The number of ether oxygens (including phenoxy) is 1. The predicted octanol–water partition coefficient (Wildman–Crippen LogP) is 6.28. The molecule has 0 aliphatic heterocycles. The number of benzene rings is 3. The van der Waals surface area contributed by atoms with Gasteiger partial charge in [-0.25, -0.2) is 4.79 Å². The maximum absolute atomic E-state index is 12.2. The minimum atomic E-state index is -0.527. The highest BCUT2D eigenvalue weighted by Gasteiger charge is 2.12. The van der Waals surface area contributed by atoms with Gasteiger partial charge in [-0.15, -0.1) is 0 Å². The Labute approximate surface area is 167 Å². The number of nitrogens with zero attached hydrogens (tertiary/aromatic N) is 1. The van der Waals surface area contributed by atoms with Crippen molar-refractivity contribution in [1.29, 1.82) is 5.26 Å². The van der Waals surface area contributed by atoms with Crippen LogP contribution < -0.4 is 4.74 Å². The highest BCUT2D eigenvalue weighted by Crippen LogP contribution is 2.23. The normalized spacial score (nSPS) is 10.9. The third kappa shape index (κ3) is 4.77. The Morgan fingerprint density at radius 2 is 1.70 bits per heavy atom. The number of allylic oxidation sites excluding steroid dienone is 1. The van der Waals surface area contributed by atoms with Crippen molar-refractivity contribution in [3.63, 3.8) is 0 Å². The summed E-state index contributed by atoms with van der Waals surface area (Å²) in [6, 6.07) is 22.8. The second-order valence-electron chi connectivity index (χ2n) is 5.62. The number of hydrogen-bond donors (Lipinski definition) is 0. The van der Waals surface area contributed by atoms with Crippen LogP contribution in [0.25, 0.3) is 11.6 Å². The van der Waals surface area contributed by atoms with Gasteiger partial charge >= 0.3 is 5.97 Å². The highest BCUT2D eigenvalue weighted by atomic mass is 35.5. The van der Waals surface area contributed by atoms with Gasteiger partial charge in [0.05, 0.1) is 22.2 Å². The molecule has 5 heteroatoms. The molecule has 0 atom stereocenters. The van der Waals surface area contributed by atoms with E-state index in [1.165, 1.54) is 0 Å². The quantitative estimate of drug-likeness (QED) is 0.227. The summed E-state index contributed by atoms with van der Waals surface area (Å²) in [5.41, 5.74) is 2.32. The van der Waals surface area contributed by atoms with Gasteiger partial charge in [0.2, 0.25) is 0 Å². The predicted molar refractivity (Wildman–Crippen MR) is 108 cm³/mol. The molecule has 0 heterocycles. The van der Waals surface area contributed by atoms with Gasteiger partial charge in [-0.1, -0.05) is 59.6 Å². The van der Waals surface area contributed by atoms with E-state index in [9.17, 15) is 10.1 Å². The van der Waals surface area contributed by atoms with Crippen LogP contribution in [0.4, 0.5) is 0 Å². The molecule has 0 saturated heterocycles. The van der Waals surface area contributed by atoms with Gasteiger partial charge in [0, 0.05) is 5.02 Å². The largest absolute Gasteiger partial charge is 0.423 e. The fourth-order valence-electron chi connectivity index (χ4n) is 2.42. The monoisotopic (exact) mass is 393 g/mol. The molecule has 3 rings (SSSR count). The summed E-state index contributed by atoms with van der Waals surface area (Å²) in [5.74, 6) is -0.140. The molecule has 0 aliphatic carbocycles. The Bertz CT molecular complexity index is 1050. The molecule has 0 bridgehead atoms. The second-order valence-corrected chi connectivity index (χ2v) is 6.46. The van der Waals surface area contributed by atoms with Crippen molar-refractivity contribution in [3.05, 3.63) is 99.5 Å². The third-order valence-corrected chi connectivity index (χ3v) is 4.32. The maximum atomic E-state index is 12.2. The molecule has 0 aromatic heterocycles. The number of rotatable bonds is 4. The van der Waals surface area contributed by atoms with Gasteiger partial charge in [0.1, 0.15) is 5.75 Å². The summed E-state index contributed by atoms with van der Waals surface area (Å²) < 4.78 is 5.34. The fourth-order valence-corrected chi connectivity index (χ4v) is 2.83. The number of hydrogen-bond acceptors (Lipinski definition) is 3. The summed E-state index contributed by atoms with van der Waals surface area (Å²) in [6.45, 7) is 0. The van der Waals surface area contributed by atoms with E-state index in [-0.39, 0.29) is 0 Å². The summed E-state index contributed by atoms with van der Waals surface area (Å²) >= 11 is 12.0. The summed E-state index contributed by atoms with van der Waals surface area (Å²) in [7, 11) is 0. The first-order valence-corrected chi connectivity index (χ1v) is 8.77. The third-order valence-electron chi connectivity index (χ3n) is 3.75. The van der Waals surface area contributed by atoms with Gasteiger partial charge in [-0.2, -0.15) is 5.26 Å². The minimum absolute atomic E-state index is 0.302. The van der Waals surface area contributed by atoms with Crippen LogP contribution in [0.5, 0.6) is 5.75 Å². The zero-order valence-corrected chi connectivity index (χ0v) is 15.5. The molecule has 0 fully saturated rings. The number of nitriles is 1. The second kappa shape index (κ2) is 8.55. The van der Waals surface area contributed by atoms with Crippen molar-refractivity contribution >= 4 is 40.8 Å². The molecule has 0 spiro atoms. The van der Waals surface area contributed by atoms with Crippen LogP contribution >= 0.6 is 23.2 Å². The zero-order chi connectivity index (χ0) is 19.2. The van der Waals surface area contributed by atoms with Gasteiger partial charge in [0.15, 0.2) is 0 Å². The van der Waals surface area contributed by atoms with Crippen molar-refractivity contribution in [1.82, 2.24) is 0 Å². The fraction of sp³-hybridized carbons (Fsp3) is 0. The van der Waals surface area contributed by atoms with Gasteiger partial charge < -0.3 is 4.74 Å². The van der Waals surface area contributed by atoms with Gasteiger partial charge in [-0.05, 0) is 53.6 Å². The van der Waals surface area contributed by atoms with Gasteiger partial charge in [0.25, 0.3) is 0 Å². The van der Waals surface area contributed by atoms with Crippen molar-refractivity contribution in [2.45, 2.75) is 0 Å². The summed E-state index contributed by atoms with van der Waals surface area (Å²) in [4.78, 5) is 12.2. The van der Waals surface area contributed by atoms with Crippen molar-refractivity contribution in [2.24, 2.45) is 0 Å². The molecule has 132 valence electrons. The first kappa shape index (κ1) is 18.7. The van der Waals surface area contributed by atoms with Crippen LogP contribution in [-0.2, 0) is 0 Å². The van der Waals surface area contributed by atoms with E-state index in [1.807, 2.05) is 6.07 Å². The molecule has 0 saturated carbocycles. The van der Waals surface area contributed by atoms with Crippen LogP contribution in [0.3, 0.4) is 0 Å². The molecule has 0 amide bonds. The Morgan fingerprint density at radius 1 is 0.963 bits per heavy atom. The van der Waals surface area contributed by atoms with Crippen LogP contribution in [0, 0.1) is 11.3 Å². The molecule has 3 nitrogen and oxygen atoms in total. The molecule has 0 radical (unpaired) electrons. The van der Waals surface area contributed by atoms with E-state index in [0.29, 0.717) is 26.9 Å². The lowest BCUT2D eigenvalue weighted by atomic mass is 10.0. The Morgan fingerprint density at radius 3 is 2.37 bits per heavy atom. The first-order valence-electron chi connectivity index (χ1n) is 8.01. The molecule has 27 heavy (non-hydrogen) atoms. The maximum Gasteiger partial charge on any atom is 0.345 e. The molecule has 3 aromatic carbocycles. The standard InChI is InChI=1S/C22H13Cl2NO2/c23-18-5-3-4-16(13-18)17(14-25)12-15-8-10-19(11-9-15)27-22(26)20-6-1-2-7-21(20)24/h1-13H/b17-12-. The lowest BCUT2D eigenvalue weighted by Crippen LogP contribution is -2.08. The van der Waals surface area contributed by atoms with E-state index in [1.54, 1.807) is 72.8 Å². The average Bonchev–Trinajstić information content (AvgIpc) is 2.67. The first-order chi connectivity index (χ1) is 13.1. The molecular formula is C22H13Cl2NO2. The zero-order valence-electron chi connectivity index (χ0n) is 14.0. The molecule has 0 unspecified atom stereocenters.